The average molecular weight is 382 g/mol. The minimum absolute atomic E-state index is 0.0309. The number of hydrogen-bond donors (Lipinski definition) is 1. The van der Waals surface area contributed by atoms with Crippen LogP contribution in [0.3, 0.4) is 0 Å². The van der Waals surface area contributed by atoms with E-state index in [1.165, 1.54) is 19.1 Å². The van der Waals surface area contributed by atoms with E-state index < -0.39 is 29.4 Å². The number of ether oxygens (including phenoxy) is 3. The van der Waals surface area contributed by atoms with Crippen LogP contribution >= 0.6 is 0 Å². The Hall–Kier alpha value is -3.15. The number of esters is 1. The van der Waals surface area contributed by atoms with Crippen molar-refractivity contribution in [3.8, 4) is 11.8 Å². The standard InChI is InChI=1S/C18H17F3N2O4/c1-4-26-17(24)13-9(2)27-16(23)11(8-22)14(13)10-6-5-7-12(15(10)25-3)18(19,20)21/h5-7,14H,4,23H2,1-3H3. The first-order chi connectivity index (χ1) is 12.7. The van der Waals surface area contributed by atoms with Crippen molar-refractivity contribution in [2.75, 3.05) is 13.7 Å². The Morgan fingerprint density at radius 1 is 1.41 bits per heavy atom. The van der Waals surface area contributed by atoms with E-state index in [2.05, 4.69) is 0 Å². The summed E-state index contributed by atoms with van der Waals surface area (Å²) in [5.74, 6) is -2.81. The van der Waals surface area contributed by atoms with Crippen LogP contribution in [0, 0.1) is 11.3 Å². The molecular formula is C18H17F3N2O4. The van der Waals surface area contributed by atoms with E-state index in [0.29, 0.717) is 0 Å². The number of benzene rings is 1. The summed E-state index contributed by atoms with van der Waals surface area (Å²) in [5, 5.41) is 9.50. The van der Waals surface area contributed by atoms with Crippen LogP contribution in [-0.2, 0) is 20.4 Å². The lowest BCUT2D eigenvalue weighted by Crippen LogP contribution is -2.26. The smallest absolute Gasteiger partial charge is 0.419 e. The first kappa shape index (κ1) is 20.2. The highest BCUT2D eigenvalue weighted by Crippen LogP contribution is 2.46. The van der Waals surface area contributed by atoms with Crippen molar-refractivity contribution in [3.63, 3.8) is 0 Å². The molecule has 0 saturated heterocycles. The van der Waals surface area contributed by atoms with Gasteiger partial charge in [-0.2, -0.15) is 18.4 Å². The normalized spacial score (nSPS) is 17.3. The van der Waals surface area contributed by atoms with E-state index in [1.54, 1.807) is 6.92 Å². The molecular weight excluding hydrogens is 365 g/mol. The van der Waals surface area contributed by atoms with Crippen LogP contribution in [0.25, 0.3) is 0 Å². The Bertz CT molecular complexity index is 866. The zero-order valence-electron chi connectivity index (χ0n) is 14.8. The number of nitrogens with zero attached hydrogens (tertiary/aromatic N) is 1. The van der Waals surface area contributed by atoms with Gasteiger partial charge in [-0.1, -0.05) is 12.1 Å². The molecule has 0 fully saturated rings. The van der Waals surface area contributed by atoms with Gasteiger partial charge in [0.2, 0.25) is 5.88 Å². The van der Waals surface area contributed by atoms with Crippen molar-refractivity contribution in [1.82, 2.24) is 0 Å². The summed E-state index contributed by atoms with van der Waals surface area (Å²) >= 11 is 0. The van der Waals surface area contributed by atoms with Crippen LogP contribution in [0.15, 0.2) is 41.0 Å². The average Bonchev–Trinajstić information content (AvgIpc) is 2.59. The van der Waals surface area contributed by atoms with Gasteiger partial charge in [0.15, 0.2) is 0 Å². The Morgan fingerprint density at radius 3 is 2.59 bits per heavy atom. The van der Waals surface area contributed by atoms with Crippen LogP contribution in [0.5, 0.6) is 5.75 Å². The summed E-state index contributed by atoms with van der Waals surface area (Å²) < 4.78 is 55.4. The van der Waals surface area contributed by atoms with Crippen molar-refractivity contribution in [2.45, 2.75) is 25.9 Å². The molecule has 0 amide bonds. The highest BCUT2D eigenvalue weighted by atomic mass is 19.4. The maximum Gasteiger partial charge on any atom is 0.419 e. The van der Waals surface area contributed by atoms with Crippen molar-refractivity contribution < 1.29 is 32.2 Å². The van der Waals surface area contributed by atoms with Gasteiger partial charge in [0, 0.05) is 5.56 Å². The minimum Gasteiger partial charge on any atom is -0.496 e. The first-order valence-electron chi connectivity index (χ1n) is 7.86. The number of allylic oxidation sites excluding steroid dienone is 2. The van der Waals surface area contributed by atoms with Gasteiger partial charge in [0.25, 0.3) is 0 Å². The summed E-state index contributed by atoms with van der Waals surface area (Å²) in [6.45, 7) is 3.02. The second kappa shape index (κ2) is 7.61. The van der Waals surface area contributed by atoms with Gasteiger partial charge in [-0.25, -0.2) is 4.79 Å². The fraction of sp³-hybridized carbons (Fsp3) is 0.333. The maximum atomic E-state index is 13.4. The second-order valence-electron chi connectivity index (χ2n) is 5.54. The molecule has 0 aliphatic carbocycles. The van der Waals surface area contributed by atoms with Crippen LogP contribution in [0.4, 0.5) is 13.2 Å². The highest BCUT2D eigenvalue weighted by molar-refractivity contribution is 5.92. The minimum atomic E-state index is -4.70. The molecule has 0 saturated carbocycles. The van der Waals surface area contributed by atoms with Crippen molar-refractivity contribution >= 4 is 5.97 Å². The Labute approximate surface area is 153 Å². The van der Waals surface area contributed by atoms with Crippen LogP contribution in [0.1, 0.15) is 30.9 Å². The Balaban J connectivity index is 2.80. The molecule has 1 aromatic carbocycles. The Kier molecular flexibility index (Phi) is 5.69. The van der Waals surface area contributed by atoms with E-state index >= 15 is 0 Å². The molecule has 6 nitrogen and oxygen atoms in total. The van der Waals surface area contributed by atoms with Crippen molar-refractivity contribution in [3.05, 3.63) is 52.1 Å². The van der Waals surface area contributed by atoms with E-state index in [0.717, 1.165) is 13.2 Å². The number of nitrogens with two attached hydrogens (primary N) is 1. The van der Waals surface area contributed by atoms with Gasteiger partial charge in [-0.15, -0.1) is 0 Å². The fourth-order valence-electron chi connectivity index (χ4n) is 2.90. The molecule has 0 spiro atoms. The van der Waals surface area contributed by atoms with Gasteiger partial charge in [-0.05, 0) is 19.9 Å². The number of carbonyl (C=O) groups excluding carboxylic acids is 1. The van der Waals surface area contributed by atoms with E-state index in [9.17, 15) is 23.2 Å². The monoisotopic (exact) mass is 382 g/mol. The van der Waals surface area contributed by atoms with Gasteiger partial charge in [-0.3, -0.25) is 0 Å². The third-order valence-electron chi connectivity index (χ3n) is 3.97. The summed E-state index contributed by atoms with van der Waals surface area (Å²) in [6, 6.07) is 5.16. The molecule has 27 heavy (non-hydrogen) atoms. The highest BCUT2D eigenvalue weighted by Gasteiger charge is 2.41. The largest absolute Gasteiger partial charge is 0.496 e. The van der Waals surface area contributed by atoms with Gasteiger partial charge < -0.3 is 19.9 Å². The topological polar surface area (TPSA) is 94.6 Å². The summed E-state index contributed by atoms with van der Waals surface area (Å²) in [6.07, 6.45) is -4.70. The number of rotatable bonds is 4. The number of hydrogen-bond acceptors (Lipinski definition) is 6. The molecule has 1 unspecified atom stereocenters. The molecule has 0 radical (unpaired) electrons. The number of nitriles is 1. The van der Waals surface area contributed by atoms with Gasteiger partial charge >= 0.3 is 12.1 Å². The maximum absolute atomic E-state index is 13.4. The van der Waals surface area contributed by atoms with Gasteiger partial charge in [0.1, 0.15) is 23.2 Å². The molecule has 0 aromatic heterocycles. The number of para-hydroxylation sites is 1. The zero-order chi connectivity index (χ0) is 20.4. The fourth-order valence-corrected chi connectivity index (χ4v) is 2.90. The molecule has 144 valence electrons. The molecule has 2 rings (SSSR count). The first-order valence-corrected chi connectivity index (χ1v) is 7.86. The van der Waals surface area contributed by atoms with Crippen molar-refractivity contribution in [1.29, 1.82) is 5.26 Å². The molecule has 1 atom stereocenters. The zero-order valence-corrected chi connectivity index (χ0v) is 14.8. The third-order valence-corrected chi connectivity index (χ3v) is 3.97. The number of carbonyl (C=O) groups is 1. The molecule has 1 aromatic rings. The van der Waals surface area contributed by atoms with E-state index in [-0.39, 0.29) is 35.0 Å². The second-order valence-corrected chi connectivity index (χ2v) is 5.54. The van der Waals surface area contributed by atoms with E-state index in [1.807, 2.05) is 6.07 Å². The molecule has 1 aliphatic rings. The molecule has 2 N–H and O–H groups in total. The quantitative estimate of drug-likeness (QED) is 0.803. The molecule has 0 bridgehead atoms. The van der Waals surface area contributed by atoms with Gasteiger partial charge in [0.05, 0.1) is 30.8 Å². The predicted molar refractivity (Wildman–Crippen MR) is 88.0 cm³/mol. The summed E-state index contributed by atoms with van der Waals surface area (Å²) in [4.78, 5) is 12.4. The van der Waals surface area contributed by atoms with Crippen LogP contribution in [0.2, 0.25) is 0 Å². The molecule has 9 heteroatoms. The SMILES string of the molecule is CCOC(=O)C1=C(C)OC(N)=C(C#N)C1c1cccc(C(F)(F)F)c1OC. The summed E-state index contributed by atoms with van der Waals surface area (Å²) in [5.41, 5.74) is 4.35. The summed E-state index contributed by atoms with van der Waals surface area (Å²) in [7, 11) is 1.08. The Morgan fingerprint density at radius 2 is 2.07 bits per heavy atom. The van der Waals surface area contributed by atoms with Crippen molar-refractivity contribution in [2.24, 2.45) is 5.73 Å². The van der Waals surface area contributed by atoms with Crippen LogP contribution in [-0.4, -0.2) is 19.7 Å². The molecule has 1 aliphatic heterocycles. The lowest BCUT2D eigenvalue weighted by atomic mass is 9.82. The number of methoxy groups -OCH3 is 1. The lowest BCUT2D eigenvalue weighted by molar-refractivity contribution is -0.139. The molecule has 1 heterocycles. The lowest BCUT2D eigenvalue weighted by Gasteiger charge is -2.28. The third kappa shape index (κ3) is 3.69. The predicted octanol–water partition coefficient (Wildman–Crippen LogP) is 3.36. The number of alkyl halides is 3. The number of halogens is 3. The van der Waals surface area contributed by atoms with Crippen LogP contribution < -0.4 is 10.5 Å². The van der Waals surface area contributed by atoms with E-state index in [4.69, 9.17) is 19.9 Å².